The first-order chi connectivity index (χ1) is 26.8. The van der Waals surface area contributed by atoms with E-state index in [-0.39, 0.29) is 29.2 Å². The smallest absolute Gasteiger partial charge is 0.433 e. The van der Waals surface area contributed by atoms with Crippen molar-refractivity contribution in [3.63, 3.8) is 0 Å². The highest BCUT2D eigenvalue weighted by Crippen LogP contribution is 2.31. The second-order valence-electron chi connectivity index (χ2n) is 15.0. The zero-order chi connectivity index (χ0) is 42.5. The number of aromatic nitrogens is 1. The molecule has 0 spiro atoms. The molecule has 2 aromatic carbocycles. The van der Waals surface area contributed by atoms with Gasteiger partial charge in [0.05, 0.1) is 18.5 Å². The van der Waals surface area contributed by atoms with Crippen molar-refractivity contribution < 1.29 is 48.3 Å². The van der Waals surface area contributed by atoms with E-state index >= 15 is 0 Å². The number of nitrogens with zero attached hydrogens (tertiary/aromatic N) is 2. The highest BCUT2D eigenvalue weighted by molar-refractivity contribution is 6.16. The van der Waals surface area contributed by atoms with E-state index in [1.807, 2.05) is 30.3 Å². The van der Waals surface area contributed by atoms with Crippen LogP contribution < -0.4 is 22.7 Å². The van der Waals surface area contributed by atoms with Crippen LogP contribution in [0.25, 0.3) is 10.9 Å². The summed E-state index contributed by atoms with van der Waals surface area (Å²) < 4.78 is 5.10. The van der Waals surface area contributed by atoms with Crippen molar-refractivity contribution in [3.05, 3.63) is 71.9 Å². The third kappa shape index (κ3) is 13.0. The van der Waals surface area contributed by atoms with E-state index in [4.69, 9.17) is 26.9 Å². The van der Waals surface area contributed by atoms with Crippen molar-refractivity contribution >= 4 is 52.4 Å². The molecule has 1 aromatic heterocycles. The van der Waals surface area contributed by atoms with Crippen LogP contribution in [0.1, 0.15) is 97.1 Å². The summed E-state index contributed by atoms with van der Waals surface area (Å²) in [4.78, 5) is 103. The zero-order valence-electron chi connectivity index (χ0n) is 33.1. The minimum Gasteiger partial charge on any atom is -0.481 e. The van der Waals surface area contributed by atoms with E-state index in [1.165, 1.54) is 0 Å². The fourth-order valence-corrected chi connectivity index (χ4v) is 6.36. The lowest BCUT2D eigenvalue weighted by atomic mass is 9.81. The monoisotopic (exact) mass is 793 g/mol. The summed E-state index contributed by atoms with van der Waals surface area (Å²) in [6.07, 6.45) is 2.23. The summed E-state index contributed by atoms with van der Waals surface area (Å²) in [5, 5.41) is 10.2. The first-order valence-corrected chi connectivity index (χ1v) is 18.8. The number of aliphatic carboxylic acids is 1. The number of hydrogen-bond acceptors (Lipinski definition) is 12. The Labute approximate surface area is 331 Å². The maximum atomic E-state index is 14.4. The van der Waals surface area contributed by atoms with Crippen LogP contribution in [0.2, 0.25) is 0 Å². The van der Waals surface area contributed by atoms with Gasteiger partial charge in [-0.2, -0.15) is 5.48 Å². The van der Waals surface area contributed by atoms with Gasteiger partial charge in [-0.15, -0.1) is 10.0 Å². The summed E-state index contributed by atoms with van der Waals surface area (Å²) in [5.41, 5.74) is 21.3. The van der Waals surface area contributed by atoms with Crippen molar-refractivity contribution in [3.8, 4) is 0 Å². The number of unbranched alkanes of at least 4 members (excludes halogenated alkanes) is 2. The van der Waals surface area contributed by atoms with Gasteiger partial charge in [0.25, 0.3) is 11.8 Å². The van der Waals surface area contributed by atoms with Crippen LogP contribution in [0, 0.1) is 0 Å². The second kappa shape index (κ2) is 20.6. The average molecular weight is 794 g/mol. The Hall–Kier alpha value is -5.49. The number of nitrogens with two attached hydrogens (primary N) is 3. The number of carboxylic acid groups (broad SMARTS) is 1. The highest BCUT2D eigenvalue weighted by atomic mass is 16.8. The number of ketones is 1. The Morgan fingerprint density at radius 1 is 0.860 bits per heavy atom. The number of amides is 5. The number of aromatic amines is 1. The van der Waals surface area contributed by atoms with Gasteiger partial charge < -0.3 is 32.0 Å². The molecule has 0 fully saturated rings. The lowest BCUT2D eigenvalue weighted by Crippen LogP contribution is -2.64. The van der Waals surface area contributed by atoms with Crippen molar-refractivity contribution in [2.45, 2.75) is 122 Å². The summed E-state index contributed by atoms with van der Waals surface area (Å²) >= 11 is 0. The number of carbonyl (C=O) groups is 7. The normalized spacial score (nSPS) is 14.1. The molecule has 3 aromatic rings. The van der Waals surface area contributed by atoms with Crippen LogP contribution in [0.4, 0.5) is 4.79 Å². The Morgan fingerprint density at radius 2 is 1.47 bits per heavy atom. The van der Waals surface area contributed by atoms with E-state index in [0.29, 0.717) is 17.4 Å². The molecule has 1 unspecified atom stereocenters. The van der Waals surface area contributed by atoms with E-state index in [2.05, 4.69) is 11.9 Å². The molecular formula is C40H55N7O10. The molecule has 0 saturated heterocycles. The average Bonchev–Trinajstić information content (AvgIpc) is 3.54. The molecule has 0 saturated carbocycles. The minimum atomic E-state index is -2.45. The molecule has 0 aliphatic heterocycles. The van der Waals surface area contributed by atoms with Gasteiger partial charge in [-0.1, -0.05) is 74.7 Å². The number of rotatable bonds is 20. The van der Waals surface area contributed by atoms with E-state index in [9.17, 15) is 38.7 Å². The molecule has 310 valence electrons. The Balaban J connectivity index is 2.08. The minimum absolute atomic E-state index is 0.0180. The fraction of sp³-hybridized carbons (Fsp3) is 0.475. The van der Waals surface area contributed by atoms with Crippen LogP contribution in [0.3, 0.4) is 0 Å². The summed E-state index contributed by atoms with van der Waals surface area (Å²) in [6.45, 7) is 7.55. The molecule has 0 bridgehead atoms. The van der Waals surface area contributed by atoms with Crippen LogP contribution in [0.15, 0.2) is 60.8 Å². The quantitative estimate of drug-likeness (QED) is 0.0544. The SMILES string of the molecule is CCCCCC(N)(CCCC(=O)[C@@H](C(=O)N(ONC(=O)OC(C)(C)C)C(C)=O)N(C(=O)[C@@H](N)CC(=O)O)C(=O)[C@@H](N)Cc1c[nH]c2ccccc12)c1ccccc1. The van der Waals surface area contributed by atoms with Gasteiger partial charge in [0.1, 0.15) is 5.60 Å². The molecular weight excluding hydrogens is 738 g/mol. The number of carboxylic acids is 1. The number of carbonyl (C=O) groups excluding carboxylic acids is 6. The fourth-order valence-electron chi connectivity index (χ4n) is 6.36. The summed E-state index contributed by atoms with van der Waals surface area (Å²) in [7, 11) is 0. The van der Waals surface area contributed by atoms with Crippen LogP contribution in [0.5, 0.6) is 0 Å². The van der Waals surface area contributed by atoms with Gasteiger partial charge in [-0.25, -0.2) is 4.79 Å². The largest absolute Gasteiger partial charge is 0.481 e. The van der Waals surface area contributed by atoms with E-state index in [0.717, 1.165) is 37.3 Å². The van der Waals surface area contributed by atoms with Gasteiger partial charge in [-0.05, 0) is 63.6 Å². The van der Waals surface area contributed by atoms with E-state index in [1.54, 1.807) is 56.7 Å². The van der Waals surface area contributed by atoms with Crippen LogP contribution >= 0.6 is 0 Å². The van der Waals surface area contributed by atoms with Crippen LogP contribution in [-0.2, 0) is 50.4 Å². The number of nitrogens with one attached hydrogen (secondary N) is 2. The topological polar surface area (TPSA) is 271 Å². The number of para-hydroxylation sites is 1. The van der Waals surface area contributed by atoms with Gasteiger partial charge in [-0.3, -0.25) is 33.7 Å². The number of benzene rings is 2. The lowest BCUT2D eigenvalue weighted by molar-refractivity contribution is -0.214. The molecule has 9 N–H and O–H groups in total. The molecule has 17 heteroatoms. The van der Waals surface area contributed by atoms with Gasteiger partial charge in [0.2, 0.25) is 11.8 Å². The third-order valence-corrected chi connectivity index (χ3v) is 9.14. The molecule has 3 rings (SSSR count). The number of imide groups is 2. The first kappa shape index (κ1) is 45.9. The maximum Gasteiger partial charge on any atom is 0.433 e. The first-order valence-electron chi connectivity index (χ1n) is 18.8. The van der Waals surface area contributed by atoms with Crippen molar-refractivity contribution in [1.29, 1.82) is 0 Å². The molecule has 4 atom stereocenters. The maximum absolute atomic E-state index is 14.4. The Kier molecular flexibility index (Phi) is 16.6. The van der Waals surface area contributed by atoms with Crippen molar-refractivity contribution in [1.82, 2.24) is 20.4 Å². The lowest BCUT2D eigenvalue weighted by Gasteiger charge is -2.34. The number of hydrogen-bond donors (Lipinski definition) is 6. The molecule has 5 amide bonds. The highest BCUT2D eigenvalue weighted by Gasteiger charge is 2.46. The standard InChI is InChI=1S/C40H55N7O10/c1-6-7-13-20-40(43,27-15-9-8-10-16-27)21-14-19-32(49)34(37(54)47(25(2)48)57-45-38(55)56-39(3,4)5)46(36(53)30(42)23-33(50)51)35(52)29(41)22-26-24-44-31-18-12-11-17-28(26)31/h8-12,15-18,24,29-30,34,44H,6-7,13-14,19-23,41-43H2,1-5H3,(H,45,55)(H,50,51)/t29-,30-,34-,40?/m0/s1. The Bertz CT molecular complexity index is 1890. The number of Topliss-reactive ketones (excluding diaryl/α,β-unsaturated/α-hetero) is 1. The zero-order valence-corrected chi connectivity index (χ0v) is 33.1. The summed E-state index contributed by atoms with van der Waals surface area (Å²) in [5.74, 6) is -7.99. The van der Waals surface area contributed by atoms with E-state index < -0.39 is 83.6 Å². The molecule has 1 heterocycles. The van der Waals surface area contributed by atoms with Crippen LogP contribution in [-0.4, -0.2) is 85.3 Å². The van der Waals surface area contributed by atoms with Gasteiger partial charge in [0, 0.05) is 36.0 Å². The third-order valence-electron chi connectivity index (χ3n) is 9.14. The Morgan fingerprint density at radius 3 is 2.09 bits per heavy atom. The van der Waals surface area contributed by atoms with Crippen molar-refractivity contribution in [2.75, 3.05) is 0 Å². The predicted octanol–water partition coefficient (Wildman–Crippen LogP) is 3.48. The molecule has 57 heavy (non-hydrogen) atoms. The van der Waals surface area contributed by atoms with Gasteiger partial charge in [0.15, 0.2) is 11.8 Å². The summed E-state index contributed by atoms with van der Waals surface area (Å²) in [6, 6.07) is 10.4. The van der Waals surface area contributed by atoms with Gasteiger partial charge >= 0.3 is 12.1 Å². The van der Waals surface area contributed by atoms with Crippen molar-refractivity contribution in [2.24, 2.45) is 17.2 Å². The molecule has 0 aliphatic carbocycles. The number of hydroxylamine groups is 3. The number of H-pyrrole nitrogens is 1. The number of fused-ring (bicyclic) bond motifs is 1. The second-order valence-corrected chi connectivity index (χ2v) is 15.0. The molecule has 17 nitrogen and oxygen atoms in total. The predicted molar refractivity (Wildman–Crippen MR) is 209 cm³/mol. The molecule has 0 radical (unpaired) electrons. The molecule has 0 aliphatic rings. The number of ether oxygens (including phenoxy) is 1.